The van der Waals surface area contributed by atoms with Gasteiger partial charge in [-0.3, -0.25) is 9.78 Å². The molecule has 2 rings (SSSR count). The number of nitrogens with zero attached hydrogens (tertiary/aromatic N) is 1. The van der Waals surface area contributed by atoms with Gasteiger partial charge >= 0.3 is 0 Å². The Bertz CT molecular complexity index is 481. The predicted molar refractivity (Wildman–Crippen MR) is 62.7 cm³/mol. The fourth-order valence-electron chi connectivity index (χ4n) is 1.47. The molecule has 1 heterocycles. The van der Waals surface area contributed by atoms with E-state index in [-0.39, 0.29) is 5.78 Å². The molecule has 0 unspecified atom stereocenters. The summed E-state index contributed by atoms with van der Waals surface area (Å²) < 4.78 is 0. The van der Waals surface area contributed by atoms with Crippen molar-refractivity contribution in [2.24, 2.45) is 5.73 Å². The molecule has 16 heavy (non-hydrogen) atoms. The predicted octanol–water partition coefficient (Wildman–Crippen LogP) is 1.99. The van der Waals surface area contributed by atoms with E-state index in [2.05, 4.69) is 4.98 Å². The first-order valence-corrected chi connectivity index (χ1v) is 5.06. The second-order valence-electron chi connectivity index (χ2n) is 3.50. The van der Waals surface area contributed by atoms with Gasteiger partial charge in [0.05, 0.1) is 0 Å². The van der Waals surface area contributed by atoms with Gasteiger partial charge in [0.25, 0.3) is 0 Å². The zero-order chi connectivity index (χ0) is 11.4. The van der Waals surface area contributed by atoms with Crippen molar-refractivity contribution in [3.05, 3.63) is 65.7 Å². The lowest BCUT2D eigenvalue weighted by atomic mass is 10.0. The molecule has 80 valence electrons. The molecular formula is C13H12N2O. The molecule has 3 nitrogen and oxygen atoms in total. The van der Waals surface area contributed by atoms with Crippen LogP contribution in [0.1, 0.15) is 16.9 Å². The molecule has 0 saturated heterocycles. The summed E-state index contributed by atoms with van der Waals surface area (Å²) in [6.07, 6.45) is 9.34. The molecule has 0 bridgehead atoms. The van der Waals surface area contributed by atoms with Crippen molar-refractivity contribution < 1.29 is 4.79 Å². The van der Waals surface area contributed by atoms with E-state index in [0.717, 1.165) is 0 Å². The van der Waals surface area contributed by atoms with E-state index >= 15 is 0 Å². The maximum Gasteiger partial charge on any atom is 0.207 e. The van der Waals surface area contributed by atoms with E-state index in [1.54, 1.807) is 42.6 Å². The fourth-order valence-corrected chi connectivity index (χ4v) is 1.47. The average molecular weight is 212 g/mol. The van der Waals surface area contributed by atoms with Gasteiger partial charge in [-0.15, -0.1) is 0 Å². The van der Waals surface area contributed by atoms with Gasteiger partial charge in [-0.25, -0.2) is 0 Å². The largest absolute Gasteiger partial charge is 0.399 e. The van der Waals surface area contributed by atoms with Crippen LogP contribution in [0.5, 0.6) is 0 Å². The maximum absolute atomic E-state index is 12.0. The minimum atomic E-state index is -0.0452. The van der Waals surface area contributed by atoms with Crippen molar-refractivity contribution in [2.75, 3.05) is 0 Å². The number of rotatable bonds is 2. The third-order valence-corrected chi connectivity index (χ3v) is 2.33. The Labute approximate surface area is 94.0 Å². The number of Topliss-reactive ketones (excluding diaryl/α,β-unsaturated/α-hetero) is 1. The molecule has 1 aromatic heterocycles. The van der Waals surface area contributed by atoms with Gasteiger partial charge in [-0.1, -0.05) is 24.3 Å². The molecule has 0 aromatic carbocycles. The standard InChI is InChI=1S/C13H12N2O/c14-11-5-3-4-10(7-8-11)13(16)12-6-1-2-9-15-12/h1-6,8-9H,7,14H2. The second kappa shape index (κ2) is 4.57. The van der Waals surface area contributed by atoms with Crippen LogP contribution in [0, 0.1) is 0 Å². The SMILES string of the molecule is NC1=CCC(C(=O)c2ccccn2)=CC=C1. The van der Waals surface area contributed by atoms with Gasteiger partial charge in [0.2, 0.25) is 5.78 Å². The molecule has 1 aliphatic carbocycles. The van der Waals surface area contributed by atoms with Crippen LogP contribution in [0.4, 0.5) is 0 Å². The van der Waals surface area contributed by atoms with Gasteiger partial charge in [-0.2, -0.15) is 0 Å². The normalized spacial score (nSPS) is 15.0. The van der Waals surface area contributed by atoms with Crippen molar-refractivity contribution in [1.82, 2.24) is 4.98 Å². The molecular weight excluding hydrogens is 200 g/mol. The molecule has 2 N–H and O–H groups in total. The van der Waals surface area contributed by atoms with Crippen LogP contribution in [-0.2, 0) is 0 Å². The Balaban J connectivity index is 2.24. The minimum Gasteiger partial charge on any atom is -0.399 e. The summed E-state index contributed by atoms with van der Waals surface area (Å²) in [5.74, 6) is -0.0452. The molecule has 0 saturated carbocycles. The van der Waals surface area contributed by atoms with Crippen molar-refractivity contribution in [1.29, 1.82) is 0 Å². The van der Waals surface area contributed by atoms with E-state index in [1.807, 2.05) is 6.08 Å². The topological polar surface area (TPSA) is 56.0 Å². The molecule has 0 spiro atoms. The van der Waals surface area contributed by atoms with Gasteiger partial charge in [-0.05, 0) is 24.6 Å². The average Bonchev–Trinajstić information content (AvgIpc) is 2.54. The Morgan fingerprint density at radius 3 is 3.00 bits per heavy atom. The monoisotopic (exact) mass is 212 g/mol. The third kappa shape index (κ3) is 2.25. The second-order valence-corrected chi connectivity index (χ2v) is 3.50. The number of allylic oxidation sites excluding steroid dienone is 5. The number of aromatic nitrogens is 1. The summed E-state index contributed by atoms with van der Waals surface area (Å²) in [6, 6.07) is 5.30. The zero-order valence-electron chi connectivity index (χ0n) is 8.76. The fraction of sp³-hybridized carbons (Fsp3) is 0.0769. The van der Waals surface area contributed by atoms with Crippen LogP contribution in [0.2, 0.25) is 0 Å². The van der Waals surface area contributed by atoms with Crippen LogP contribution in [-0.4, -0.2) is 10.8 Å². The highest BCUT2D eigenvalue weighted by Crippen LogP contribution is 2.14. The van der Waals surface area contributed by atoms with E-state index in [0.29, 0.717) is 23.4 Å². The number of nitrogens with two attached hydrogens (primary N) is 1. The van der Waals surface area contributed by atoms with E-state index in [9.17, 15) is 4.79 Å². The summed E-state index contributed by atoms with van der Waals surface area (Å²) in [4.78, 5) is 16.1. The Morgan fingerprint density at radius 1 is 1.38 bits per heavy atom. The van der Waals surface area contributed by atoms with Crippen molar-refractivity contribution in [2.45, 2.75) is 6.42 Å². The number of hydrogen-bond donors (Lipinski definition) is 1. The third-order valence-electron chi connectivity index (χ3n) is 2.33. The Kier molecular flexibility index (Phi) is 2.96. The smallest absolute Gasteiger partial charge is 0.207 e. The molecule has 0 aliphatic heterocycles. The van der Waals surface area contributed by atoms with Crippen LogP contribution in [0.3, 0.4) is 0 Å². The number of carbonyl (C=O) groups is 1. The number of carbonyl (C=O) groups excluding carboxylic acids is 1. The molecule has 0 amide bonds. The minimum absolute atomic E-state index is 0.0452. The highest BCUT2D eigenvalue weighted by molar-refractivity contribution is 6.07. The Morgan fingerprint density at radius 2 is 2.25 bits per heavy atom. The van der Waals surface area contributed by atoms with Crippen LogP contribution in [0.25, 0.3) is 0 Å². The van der Waals surface area contributed by atoms with Crippen LogP contribution >= 0.6 is 0 Å². The van der Waals surface area contributed by atoms with E-state index < -0.39 is 0 Å². The molecule has 0 radical (unpaired) electrons. The summed E-state index contributed by atoms with van der Waals surface area (Å²) in [7, 11) is 0. The van der Waals surface area contributed by atoms with Gasteiger partial charge in [0.15, 0.2) is 0 Å². The quantitative estimate of drug-likeness (QED) is 0.763. The summed E-state index contributed by atoms with van der Waals surface area (Å²) in [5.41, 5.74) is 7.50. The molecule has 1 aromatic rings. The highest BCUT2D eigenvalue weighted by atomic mass is 16.1. The number of hydrogen-bond acceptors (Lipinski definition) is 3. The van der Waals surface area contributed by atoms with Gasteiger partial charge < -0.3 is 5.73 Å². The lowest BCUT2D eigenvalue weighted by Gasteiger charge is -2.01. The van der Waals surface area contributed by atoms with Crippen molar-refractivity contribution in [3.63, 3.8) is 0 Å². The van der Waals surface area contributed by atoms with Crippen LogP contribution in [0.15, 0.2) is 60.0 Å². The van der Waals surface area contributed by atoms with Crippen molar-refractivity contribution in [3.8, 4) is 0 Å². The zero-order valence-corrected chi connectivity index (χ0v) is 8.76. The summed E-state index contributed by atoms with van der Waals surface area (Å²) in [5, 5.41) is 0. The van der Waals surface area contributed by atoms with Gasteiger partial charge in [0, 0.05) is 17.5 Å². The Hall–Kier alpha value is -2.16. The first-order valence-electron chi connectivity index (χ1n) is 5.06. The lowest BCUT2D eigenvalue weighted by molar-refractivity contribution is 0.102. The van der Waals surface area contributed by atoms with E-state index in [1.165, 1.54) is 0 Å². The first-order chi connectivity index (χ1) is 7.77. The summed E-state index contributed by atoms with van der Waals surface area (Å²) in [6.45, 7) is 0. The highest BCUT2D eigenvalue weighted by Gasteiger charge is 2.12. The van der Waals surface area contributed by atoms with E-state index in [4.69, 9.17) is 5.73 Å². The maximum atomic E-state index is 12.0. The van der Waals surface area contributed by atoms with Crippen LogP contribution < -0.4 is 5.73 Å². The number of pyridine rings is 1. The van der Waals surface area contributed by atoms with Gasteiger partial charge in [0.1, 0.15) is 5.69 Å². The first kappa shape index (κ1) is 10.4. The molecule has 1 aliphatic rings. The lowest BCUT2D eigenvalue weighted by Crippen LogP contribution is -2.05. The molecule has 0 fully saturated rings. The molecule has 0 atom stereocenters. The number of ketones is 1. The van der Waals surface area contributed by atoms with Crippen molar-refractivity contribution >= 4 is 5.78 Å². The molecule has 3 heteroatoms. The summed E-state index contributed by atoms with van der Waals surface area (Å²) >= 11 is 0.